The van der Waals surface area contributed by atoms with Crippen LogP contribution in [-0.4, -0.2) is 16.9 Å². The zero-order chi connectivity index (χ0) is 26.1. The summed E-state index contributed by atoms with van der Waals surface area (Å²) in [5.74, 6) is -0.652. The first-order valence-electron chi connectivity index (χ1n) is 9.98. The van der Waals surface area contributed by atoms with Crippen LogP contribution in [0.2, 0.25) is 20.1 Å². The van der Waals surface area contributed by atoms with E-state index in [0.717, 1.165) is 14.0 Å². The molecule has 2 amide bonds. The van der Waals surface area contributed by atoms with E-state index in [9.17, 15) is 9.59 Å². The van der Waals surface area contributed by atoms with Crippen LogP contribution in [-0.2, 0) is 16.2 Å². The second-order valence-electron chi connectivity index (χ2n) is 7.38. The van der Waals surface area contributed by atoms with Gasteiger partial charge in [0.25, 0.3) is 11.8 Å². The standard InChI is InChI=1S/C24H12BrCl4IN2O3S/c25-14-7-12(9-18(30)21(14)35-10-11-4-5-15(26)17(28)8-11)6-13-22(33)31-24(36)32(23(13)34)19-3-1-2-16(27)20(19)29/h1-9H,10H2,(H,31,33,36)/b13-6+. The Bertz CT molecular complexity index is 1440. The highest BCUT2D eigenvalue weighted by molar-refractivity contribution is 14.1. The van der Waals surface area contributed by atoms with E-state index in [4.69, 9.17) is 63.4 Å². The largest absolute Gasteiger partial charge is 0.487 e. The molecule has 0 spiro atoms. The van der Waals surface area contributed by atoms with Crippen molar-refractivity contribution in [2.75, 3.05) is 4.90 Å². The molecule has 0 aliphatic carbocycles. The number of hydrogen-bond acceptors (Lipinski definition) is 4. The van der Waals surface area contributed by atoms with Gasteiger partial charge in [0.1, 0.15) is 17.9 Å². The maximum atomic E-state index is 13.3. The molecule has 36 heavy (non-hydrogen) atoms. The van der Waals surface area contributed by atoms with Crippen molar-refractivity contribution in [1.29, 1.82) is 0 Å². The molecule has 3 aromatic carbocycles. The molecule has 0 radical (unpaired) electrons. The molecule has 1 aliphatic rings. The highest BCUT2D eigenvalue weighted by Gasteiger charge is 2.35. The number of ether oxygens (including phenoxy) is 1. The van der Waals surface area contributed by atoms with Gasteiger partial charge >= 0.3 is 0 Å². The molecule has 184 valence electrons. The molecule has 0 bridgehead atoms. The summed E-state index contributed by atoms with van der Waals surface area (Å²) < 4.78 is 7.36. The second kappa shape index (κ2) is 11.6. The van der Waals surface area contributed by atoms with Crippen molar-refractivity contribution in [3.63, 3.8) is 0 Å². The quantitative estimate of drug-likeness (QED) is 0.124. The third-order valence-corrected chi connectivity index (χ3v) is 8.20. The number of rotatable bonds is 5. The predicted molar refractivity (Wildman–Crippen MR) is 160 cm³/mol. The Kier molecular flexibility index (Phi) is 8.87. The van der Waals surface area contributed by atoms with E-state index in [1.807, 2.05) is 6.07 Å². The van der Waals surface area contributed by atoms with Gasteiger partial charge in [0.15, 0.2) is 5.11 Å². The molecular formula is C24H12BrCl4IN2O3S. The van der Waals surface area contributed by atoms with Crippen LogP contribution in [0.1, 0.15) is 11.1 Å². The number of nitrogens with one attached hydrogen (secondary N) is 1. The van der Waals surface area contributed by atoms with E-state index in [-0.39, 0.29) is 33.0 Å². The van der Waals surface area contributed by atoms with Crippen molar-refractivity contribution in [2.24, 2.45) is 0 Å². The number of nitrogens with zero attached hydrogens (tertiary/aromatic N) is 1. The Labute approximate surface area is 253 Å². The number of hydrogen-bond donors (Lipinski definition) is 1. The van der Waals surface area contributed by atoms with Gasteiger partial charge in [0.05, 0.1) is 33.8 Å². The first kappa shape index (κ1) is 27.6. The number of halogens is 6. The van der Waals surface area contributed by atoms with Crippen LogP contribution in [0.4, 0.5) is 5.69 Å². The molecule has 1 N–H and O–H groups in total. The van der Waals surface area contributed by atoms with E-state index >= 15 is 0 Å². The molecule has 0 unspecified atom stereocenters. The summed E-state index contributed by atoms with van der Waals surface area (Å²) in [6.07, 6.45) is 1.47. The summed E-state index contributed by atoms with van der Waals surface area (Å²) in [6, 6.07) is 13.6. The number of carbonyl (C=O) groups excluding carboxylic acids is 2. The van der Waals surface area contributed by atoms with Crippen LogP contribution in [0.3, 0.4) is 0 Å². The molecule has 0 aromatic heterocycles. The van der Waals surface area contributed by atoms with Crippen LogP contribution in [0.5, 0.6) is 5.75 Å². The molecule has 1 aliphatic heterocycles. The molecule has 1 fully saturated rings. The minimum atomic E-state index is -0.626. The first-order valence-corrected chi connectivity index (χ1v) is 13.8. The molecule has 4 rings (SSSR count). The highest BCUT2D eigenvalue weighted by Crippen LogP contribution is 2.36. The Hall–Kier alpha value is -1.40. The number of thiocarbonyl (C=S) groups is 1. The molecular weight excluding hydrogens is 745 g/mol. The number of anilines is 1. The van der Waals surface area contributed by atoms with Crippen molar-refractivity contribution in [2.45, 2.75) is 6.61 Å². The van der Waals surface area contributed by atoms with Crippen molar-refractivity contribution in [3.05, 3.63) is 93.4 Å². The van der Waals surface area contributed by atoms with Gasteiger partial charge in [0.2, 0.25) is 0 Å². The maximum absolute atomic E-state index is 13.3. The van der Waals surface area contributed by atoms with Gasteiger partial charge in [-0.15, -0.1) is 0 Å². The van der Waals surface area contributed by atoms with Crippen LogP contribution in [0.15, 0.2) is 58.6 Å². The SMILES string of the molecule is O=C1NC(=S)N(c2cccc(Cl)c2Cl)C(=O)/C1=C/c1cc(Br)c(OCc2ccc(Cl)c(Cl)c2)c(I)c1. The Morgan fingerprint density at radius 3 is 2.47 bits per heavy atom. The summed E-state index contributed by atoms with van der Waals surface area (Å²) in [6.45, 7) is 0.264. The maximum Gasteiger partial charge on any atom is 0.270 e. The second-order valence-corrected chi connectivity index (χ2v) is 11.4. The van der Waals surface area contributed by atoms with Crippen LogP contribution in [0.25, 0.3) is 6.08 Å². The van der Waals surface area contributed by atoms with Crippen molar-refractivity contribution in [1.82, 2.24) is 5.32 Å². The fourth-order valence-corrected chi connectivity index (χ4v) is 6.04. The van der Waals surface area contributed by atoms with Gasteiger partial charge in [-0.25, -0.2) is 0 Å². The topological polar surface area (TPSA) is 58.6 Å². The van der Waals surface area contributed by atoms with E-state index in [2.05, 4.69) is 43.8 Å². The lowest BCUT2D eigenvalue weighted by molar-refractivity contribution is -0.122. The molecule has 5 nitrogen and oxygen atoms in total. The molecule has 1 heterocycles. The lowest BCUT2D eigenvalue weighted by Gasteiger charge is -2.29. The third kappa shape index (κ3) is 5.85. The van der Waals surface area contributed by atoms with Gasteiger partial charge in [0, 0.05) is 0 Å². The fourth-order valence-electron chi connectivity index (χ4n) is 3.29. The minimum absolute atomic E-state index is 0.0897. The van der Waals surface area contributed by atoms with E-state index in [1.54, 1.807) is 42.5 Å². The summed E-state index contributed by atoms with van der Waals surface area (Å²) in [4.78, 5) is 27.1. The Morgan fingerprint density at radius 1 is 1.03 bits per heavy atom. The zero-order valence-corrected chi connectivity index (χ0v) is 25.3. The lowest BCUT2D eigenvalue weighted by Crippen LogP contribution is -2.54. The number of carbonyl (C=O) groups is 2. The minimum Gasteiger partial charge on any atom is -0.487 e. The van der Waals surface area contributed by atoms with Crippen LogP contribution >= 0.6 is 97.1 Å². The summed E-state index contributed by atoms with van der Waals surface area (Å²) in [7, 11) is 0. The summed E-state index contributed by atoms with van der Waals surface area (Å²) in [5, 5.41) is 3.74. The molecule has 12 heteroatoms. The molecule has 1 saturated heterocycles. The van der Waals surface area contributed by atoms with E-state index in [1.165, 1.54) is 6.08 Å². The van der Waals surface area contributed by atoms with Crippen molar-refractivity contribution >= 4 is 126 Å². The first-order chi connectivity index (χ1) is 17.1. The average Bonchev–Trinajstić information content (AvgIpc) is 2.81. The van der Waals surface area contributed by atoms with Gasteiger partial charge in [-0.2, -0.15) is 0 Å². The smallest absolute Gasteiger partial charge is 0.270 e. The Balaban J connectivity index is 1.62. The van der Waals surface area contributed by atoms with Crippen molar-refractivity contribution in [3.8, 4) is 5.75 Å². The normalized spacial score (nSPS) is 14.9. The van der Waals surface area contributed by atoms with Gasteiger partial charge < -0.3 is 4.74 Å². The molecule has 0 saturated carbocycles. The van der Waals surface area contributed by atoms with Gasteiger partial charge in [-0.3, -0.25) is 19.8 Å². The van der Waals surface area contributed by atoms with Crippen molar-refractivity contribution < 1.29 is 14.3 Å². The van der Waals surface area contributed by atoms with Gasteiger partial charge in [-0.05, 0) is 104 Å². The monoisotopic (exact) mass is 754 g/mol. The zero-order valence-electron chi connectivity index (χ0n) is 17.8. The molecule has 0 atom stereocenters. The van der Waals surface area contributed by atoms with E-state index in [0.29, 0.717) is 25.8 Å². The lowest BCUT2D eigenvalue weighted by atomic mass is 10.1. The van der Waals surface area contributed by atoms with Crippen LogP contribution < -0.4 is 15.0 Å². The number of amides is 2. The average molecular weight is 757 g/mol. The Morgan fingerprint density at radius 2 is 1.78 bits per heavy atom. The third-order valence-electron chi connectivity index (χ3n) is 4.97. The fraction of sp³-hybridized carbons (Fsp3) is 0.0417. The number of benzene rings is 3. The highest BCUT2D eigenvalue weighted by atomic mass is 127. The van der Waals surface area contributed by atoms with Gasteiger partial charge in [-0.1, -0.05) is 58.5 Å². The molecule has 3 aromatic rings. The summed E-state index contributed by atoms with van der Waals surface area (Å²) >= 11 is 35.3. The van der Waals surface area contributed by atoms with E-state index < -0.39 is 11.8 Å². The predicted octanol–water partition coefficient (Wildman–Crippen LogP) is 8.08. The summed E-state index contributed by atoms with van der Waals surface area (Å²) in [5.41, 5.74) is 1.59. The van der Waals surface area contributed by atoms with Crippen LogP contribution in [0, 0.1) is 3.57 Å².